The second kappa shape index (κ2) is 5.13. The second-order valence-electron chi connectivity index (χ2n) is 4.12. The van der Waals surface area contributed by atoms with E-state index in [0.29, 0.717) is 5.25 Å². The second-order valence-corrected chi connectivity index (χ2v) is 5.39. The lowest BCUT2D eigenvalue weighted by Crippen LogP contribution is -2.27. The molecule has 1 nitrogen and oxygen atoms in total. The Morgan fingerprint density at radius 3 is 2.58 bits per heavy atom. The Labute approximate surface area is 79.9 Å². The SMILES string of the molecule is CC(C)CS[C@@H]1CCCC[C@H]1O. The van der Waals surface area contributed by atoms with Gasteiger partial charge in [-0.15, -0.1) is 0 Å². The standard InChI is InChI=1S/C10H20OS/c1-8(2)7-12-10-6-4-3-5-9(10)11/h8-11H,3-7H2,1-2H3/t9-,10-/m1/s1. The zero-order chi connectivity index (χ0) is 8.97. The van der Waals surface area contributed by atoms with Crippen molar-refractivity contribution in [3.63, 3.8) is 0 Å². The van der Waals surface area contributed by atoms with Crippen LogP contribution in [-0.4, -0.2) is 22.2 Å². The number of thioether (sulfide) groups is 1. The molecule has 12 heavy (non-hydrogen) atoms. The first-order valence-electron chi connectivity index (χ1n) is 5.00. The van der Waals surface area contributed by atoms with E-state index in [1.54, 1.807) is 0 Å². The van der Waals surface area contributed by atoms with E-state index >= 15 is 0 Å². The molecule has 0 aliphatic heterocycles. The van der Waals surface area contributed by atoms with Crippen molar-refractivity contribution in [1.82, 2.24) is 0 Å². The molecule has 0 radical (unpaired) electrons. The first kappa shape index (κ1) is 10.4. The van der Waals surface area contributed by atoms with Crippen LogP contribution in [0.25, 0.3) is 0 Å². The maximum Gasteiger partial charge on any atom is 0.0658 e. The van der Waals surface area contributed by atoms with Gasteiger partial charge in [0.25, 0.3) is 0 Å². The van der Waals surface area contributed by atoms with Crippen LogP contribution in [0.5, 0.6) is 0 Å². The topological polar surface area (TPSA) is 20.2 Å². The van der Waals surface area contributed by atoms with Gasteiger partial charge in [0, 0.05) is 5.25 Å². The summed E-state index contributed by atoms with van der Waals surface area (Å²) >= 11 is 1.96. The molecule has 0 saturated heterocycles. The van der Waals surface area contributed by atoms with Crippen LogP contribution in [0.3, 0.4) is 0 Å². The van der Waals surface area contributed by atoms with E-state index in [1.165, 1.54) is 25.0 Å². The summed E-state index contributed by atoms with van der Waals surface area (Å²) in [5.41, 5.74) is 0. The van der Waals surface area contributed by atoms with E-state index in [1.807, 2.05) is 11.8 Å². The average molecular weight is 188 g/mol. The fourth-order valence-electron chi connectivity index (χ4n) is 1.59. The van der Waals surface area contributed by atoms with Crippen molar-refractivity contribution in [3.8, 4) is 0 Å². The van der Waals surface area contributed by atoms with Gasteiger partial charge in [0.1, 0.15) is 0 Å². The predicted molar refractivity (Wildman–Crippen MR) is 55.6 cm³/mol. The highest BCUT2D eigenvalue weighted by Gasteiger charge is 2.23. The molecule has 0 heterocycles. The highest BCUT2D eigenvalue weighted by atomic mass is 32.2. The van der Waals surface area contributed by atoms with Crippen molar-refractivity contribution in [2.75, 3.05) is 5.75 Å². The summed E-state index contributed by atoms with van der Waals surface area (Å²) in [7, 11) is 0. The van der Waals surface area contributed by atoms with Crippen molar-refractivity contribution in [2.45, 2.75) is 50.9 Å². The summed E-state index contributed by atoms with van der Waals surface area (Å²) in [6.07, 6.45) is 4.75. The Balaban J connectivity index is 2.20. The van der Waals surface area contributed by atoms with Crippen LogP contribution in [0.4, 0.5) is 0 Å². The van der Waals surface area contributed by atoms with Crippen LogP contribution in [0.15, 0.2) is 0 Å². The quantitative estimate of drug-likeness (QED) is 0.735. The van der Waals surface area contributed by atoms with Crippen molar-refractivity contribution in [2.24, 2.45) is 5.92 Å². The molecule has 0 spiro atoms. The molecule has 2 atom stereocenters. The average Bonchev–Trinajstić information content (AvgIpc) is 2.03. The Morgan fingerprint density at radius 2 is 2.00 bits per heavy atom. The summed E-state index contributed by atoms with van der Waals surface area (Å²) < 4.78 is 0. The Morgan fingerprint density at radius 1 is 1.33 bits per heavy atom. The van der Waals surface area contributed by atoms with Crippen LogP contribution in [0.1, 0.15) is 39.5 Å². The van der Waals surface area contributed by atoms with Crippen molar-refractivity contribution >= 4 is 11.8 Å². The Kier molecular flexibility index (Phi) is 4.44. The van der Waals surface area contributed by atoms with Gasteiger partial charge in [0.05, 0.1) is 6.10 Å². The van der Waals surface area contributed by atoms with Gasteiger partial charge in [-0.25, -0.2) is 0 Å². The van der Waals surface area contributed by atoms with Gasteiger partial charge < -0.3 is 5.11 Å². The predicted octanol–water partition coefficient (Wildman–Crippen LogP) is 2.68. The van der Waals surface area contributed by atoms with Crippen molar-refractivity contribution < 1.29 is 5.11 Å². The number of aliphatic hydroxyl groups is 1. The van der Waals surface area contributed by atoms with E-state index < -0.39 is 0 Å². The third kappa shape index (κ3) is 3.36. The smallest absolute Gasteiger partial charge is 0.0658 e. The third-order valence-electron chi connectivity index (χ3n) is 2.31. The molecule has 1 saturated carbocycles. The van der Waals surface area contributed by atoms with Gasteiger partial charge in [0.2, 0.25) is 0 Å². The van der Waals surface area contributed by atoms with Gasteiger partial charge in [-0.1, -0.05) is 26.7 Å². The minimum absolute atomic E-state index is 0.0255. The number of rotatable bonds is 3. The van der Waals surface area contributed by atoms with Gasteiger partial charge in [-0.05, 0) is 24.5 Å². The molecule has 0 amide bonds. The number of hydrogen-bond donors (Lipinski definition) is 1. The molecule has 1 aliphatic carbocycles. The van der Waals surface area contributed by atoms with Gasteiger partial charge >= 0.3 is 0 Å². The lowest BCUT2D eigenvalue weighted by atomic mass is 9.97. The molecule has 1 rings (SSSR count). The Bertz CT molecular complexity index is 125. The normalized spacial score (nSPS) is 31.0. The van der Waals surface area contributed by atoms with E-state index in [2.05, 4.69) is 13.8 Å². The van der Waals surface area contributed by atoms with Crippen LogP contribution < -0.4 is 0 Å². The fraction of sp³-hybridized carbons (Fsp3) is 1.00. The lowest BCUT2D eigenvalue weighted by Gasteiger charge is -2.27. The summed E-state index contributed by atoms with van der Waals surface area (Å²) in [6, 6.07) is 0. The highest BCUT2D eigenvalue weighted by Crippen LogP contribution is 2.29. The van der Waals surface area contributed by atoms with Crippen molar-refractivity contribution in [3.05, 3.63) is 0 Å². The van der Waals surface area contributed by atoms with Crippen LogP contribution in [0.2, 0.25) is 0 Å². The molecular weight excluding hydrogens is 168 g/mol. The molecule has 2 heteroatoms. The van der Waals surface area contributed by atoms with E-state index in [-0.39, 0.29) is 6.10 Å². The first-order chi connectivity index (χ1) is 5.70. The van der Waals surface area contributed by atoms with Gasteiger partial charge in [-0.3, -0.25) is 0 Å². The van der Waals surface area contributed by atoms with Crippen LogP contribution >= 0.6 is 11.8 Å². The molecule has 1 N–H and O–H groups in total. The lowest BCUT2D eigenvalue weighted by molar-refractivity contribution is 0.137. The molecular formula is C10H20OS. The Hall–Kier alpha value is 0.310. The van der Waals surface area contributed by atoms with Gasteiger partial charge in [0.15, 0.2) is 0 Å². The fourth-order valence-corrected chi connectivity index (χ4v) is 2.91. The van der Waals surface area contributed by atoms with E-state index in [9.17, 15) is 5.11 Å². The first-order valence-corrected chi connectivity index (χ1v) is 6.04. The minimum Gasteiger partial charge on any atom is -0.392 e. The van der Waals surface area contributed by atoms with E-state index in [4.69, 9.17) is 0 Å². The monoisotopic (exact) mass is 188 g/mol. The zero-order valence-corrected chi connectivity index (χ0v) is 8.94. The summed E-state index contributed by atoms with van der Waals surface area (Å²) in [5.74, 6) is 1.95. The molecule has 72 valence electrons. The van der Waals surface area contributed by atoms with Crippen LogP contribution in [-0.2, 0) is 0 Å². The number of hydrogen-bond acceptors (Lipinski definition) is 2. The molecule has 0 aromatic carbocycles. The van der Waals surface area contributed by atoms with Gasteiger partial charge in [-0.2, -0.15) is 11.8 Å². The molecule has 1 aliphatic rings. The molecule has 0 aromatic rings. The summed E-state index contributed by atoms with van der Waals surface area (Å²) in [5, 5.41) is 10.2. The largest absolute Gasteiger partial charge is 0.392 e. The zero-order valence-electron chi connectivity index (χ0n) is 8.12. The summed E-state index contributed by atoms with van der Waals surface area (Å²) in [6.45, 7) is 4.48. The number of aliphatic hydroxyl groups excluding tert-OH is 1. The minimum atomic E-state index is -0.0255. The maximum absolute atomic E-state index is 9.66. The molecule has 0 unspecified atom stereocenters. The molecule has 0 aromatic heterocycles. The molecule has 0 bridgehead atoms. The molecule has 1 fully saturated rings. The maximum atomic E-state index is 9.66. The van der Waals surface area contributed by atoms with Crippen LogP contribution in [0, 0.1) is 5.92 Å². The summed E-state index contributed by atoms with van der Waals surface area (Å²) in [4.78, 5) is 0. The van der Waals surface area contributed by atoms with E-state index in [0.717, 1.165) is 12.3 Å². The van der Waals surface area contributed by atoms with Crippen molar-refractivity contribution in [1.29, 1.82) is 0 Å². The highest BCUT2D eigenvalue weighted by molar-refractivity contribution is 7.99. The third-order valence-corrected chi connectivity index (χ3v) is 4.15.